The Morgan fingerprint density at radius 1 is 1.35 bits per heavy atom. The highest BCUT2D eigenvalue weighted by molar-refractivity contribution is 5.38. The highest BCUT2D eigenvalue weighted by Crippen LogP contribution is 2.10. The third-order valence-corrected chi connectivity index (χ3v) is 2.86. The minimum atomic E-state index is -0.403. The van der Waals surface area contributed by atoms with Crippen LogP contribution in [0.4, 0.5) is 4.39 Å². The van der Waals surface area contributed by atoms with Gasteiger partial charge in [-0.1, -0.05) is 17.9 Å². The molecule has 0 atom stereocenters. The number of aromatic nitrogens is 2. The minimum absolute atomic E-state index is 0.0479. The molecule has 0 saturated carbocycles. The number of rotatable bonds is 3. The predicted molar refractivity (Wildman–Crippen MR) is 73.8 cm³/mol. The molecule has 1 aromatic heterocycles. The Kier molecular flexibility index (Phi) is 4.38. The number of halogens is 1. The van der Waals surface area contributed by atoms with E-state index in [1.165, 1.54) is 15.2 Å². The molecule has 1 aromatic carbocycles. The van der Waals surface area contributed by atoms with Gasteiger partial charge in [-0.3, -0.25) is 4.57 Å². The summed E-state index contributed by atoms with van der Waals surface area (Å²) in [4.78, 5) is 11.7. The van der Waals surface area contributed by atoms with Crippen molar-refractivity contribution in [3.05, 3.63) is 58.0 Å². The van der Waals surface area contributed by atoms with Crippen molar-refractivity contribution in [1.82, 2.24) is 9.13 Å². The summed E-state index contributed by atoms with van der Waals surface area (Å²) < 4.78 is 16.6. The van der Waals surface area contributed by atoms with Gasteiger partial charge in [-0.05, 0) is 17.7 Å². The Bertz CT molecular complexity index is 719. The molecule has 4 nitrogen and oxygen atoms in total. The topological polar surface area (TPSA) is 47.2 Å². The van der Waals surface area contributed by atoms with E-state index in [9.17, 15) is 9.18 Å². The number of aryl methyl sites for hydroxylation is 1. The van der Waals surface area contributed by atoms with Gasteiger partial charge in [0, 0.05) is 25.9 Å². The van der Waals surface area contributed by atoms with Crippen LogP contribution in [-0.2, 0) is 13.6 Å². The van der Waals surface area contributed by atoms with Crippen molar-refractivity contribution in [3.8, 4) is 11.8 Å². The summed E-state index contributed by atoms with van der Waals surface area (Å²) in [7, 11) is 1.68. The highest BCUT2D eigenvalue weighted by atomic mass is 19.1. The van der Waals surface area contributed by atoms with Crippen molar-refractivity contribution >= 4 is 0 Å². The maximum absolute atomic E-state index is 13.6. The number of imidazole rings is 1. The second-order valence-electron chi connectivity index (χ2n) is 4.41. The molecule has 0 aliphatic carbocycles. The van der Waals surface area contributed by atoms with Gasteiger partial charge in [0.15, 0.2) is 0 Å². The average Bonchev–Trinajstić information content (AvgIpc) is 2.74. The van der Waals surface area contributed by atoms with E-state index in [1.54, 1.807) is 31.6 Å². The van der Waals surface area contributed by atoms with Gasteiger partial charge < -0.3 is 9.67 Å². The van der Waals surface area contributed by atoms with Crippen molar-refractivity contribution in [2.75, 3.05) is 6.61 Å². The standard InChI is InChI=1S/C15H15FN2O2/c1-17-7-8-18(15(17)20)11-12-5-6-14(16)13(10-12)4-2-3-9-19/h5-8,10,19H,3,9,11H2,1H3. The van der Waals surface area contributed by atoms with E-state index < -0.39 is 5.82 Å². The molecule has 1 heterocycles. The molecule has 5 heteroatoms. The Morgan fingerprint density at radius 3 is 2.80 bits per heavy atom. The summed E-state index contributed by atoms with van der Waals surface area (Å²) in [6, 6.07) is 4.59. The van der Waals surface area contributed by atoms with Crippen LogP contribution in [0.5, 0.6) is 0 Å². The fourth-order valence-corrected chi connectivity index (χ4v) is 1.81. The third-order valence-electron chi connectivity index (χ3n) is 2.86. The van der Waals surface area contributed by atoms with Crippen LogP contribution in [0, 0.1) is 17.7 Å². The van der Waals surface area contributed by atoms with Gasteiger partial charge in [-0.2, -0.15) is 0 Å². The van der Waals surface area contributed by atoms with Crippen LogP contribution in [0.25, 0.3) is 0 Å². The zero-order chi connectivity index (χ0) is 14.5. The zero-order valence-electron chi connectivity index (χ0n) is 11.1. The monoisotopic (exact) mass is 274 g/mol. The van der Waals surface area contributed by atoms with Crippen LogP contribution in [0.1, 0.15) is 17.5 Å². The van der Waals surface area contributed by atoms with E-state index in [-0.39, 0.29) is 17.9 Å². The molecule has 0 radical (unpaired) electrons. The third kappa shape index (κ3) is 3.16. The summed E-state index contributed by atoms with van der Waals surface area (Å²) in [6.07, 6.45) is 3.67. The van der Waals surface area contributed by atoms with E-state index in [2.05, 4.69) is 11.8 Å². The number of benzene rings is 1. The van der Waals surface area contributed by atoms with Gasteiger partial charge in [0.05, 0.1) is 18.7 Å². The zero-order valence-corrected chi connectivity index (χ0v) is 11.1. The molecule has 0 bridgehead atoms. The van der Waals surface area contributed by atoms with Crippen molar-refractivity contribution in [2.45, 2.75) is 13.0 Å². The molecule has 0 aliphatic rings. The molecule has 2 rings (SSSR count). The number of aliphatic hydroxyl groups is 1. The van der Waals surface area contributed by atoms with Crippen molar-refractivity contribution in [3.63, 3.8) is 0 Å². The molecule has 2 aromatic rings. The van der Waals surface area contributed by atoms with Crippen LogP contribution >= 0.6 is 0 Å². The summed E-state index contributed by atoms with van der Waals surface area (Å²) >= 11 is 0. The average molecular weight is 274 g/mol. The van der Waals surface area contributed by atoms with E-state index in [1.807, 2.05) is 0 Å². The molecule has 104 valence electrons. The molecule has 0 amide bonds. The molecule has 0 spiro atoms. The summed E-state index contributed by atoms with van der Waals surface area (Å²) in [5, 5.41) is 8.66. The first-order valence-corrected chi connectivity index (χ1v) is 6.21. The van der Waals surface area contributed by atoms with Gasteiger partial charge >= 0.3 is 5.69 Å². The number of hydrogen-bond donors (Lipinski definition) is 1. The minimum Gasteiger partial charge on any atom is -0.395 e. The molecular weight excluding hydrogens is 259 g/mol. The first-order valence-electron chi connectivity index (χ1n) is 6.21. The highest BCUT2D eigenvalue weighted by Gasteiger charge is 2.04. The molecule has 0 saturated heterocycles. The van der Waals surface area contributed by atoms with Crippen LogP contribution in [-0.4, -0.2) is 20.8 Å². The molecule has 0 aliphatic heterocycles. The second kappa shape index (κ2) is 6.22. The maximum Gasteiger partial charge on any atom is 0.328 e. The Hall–Kier alpha value is -2.32. The summed E-state index contributed by atoms with van der Waals surface area (Å²) in [5.41, 5.74) is 0.954. The van der Waals surface area contributed by atoms with E-state index in [0.29, 0.717) is 13.0 Å². The maximum atomic E-state index is 13.6. The summed E-state index contributed by atoms with van der Waals surface area (Å²) in [5.74, 6) is 4.97. The van der Waals surface area contributed by atoms with Crippen LogP contribution in [0.3, 0.4) is 0 Å². The Morgan fingerprint density at radius 2 is 2.15 bits per heavy atom. The first kappa shape index (κ1) is 14.1. The second-order valence-corrected chi connectivity index (χ2v) is 4.41. The van der Waals surface area contributed by atoms with E-state index >= 15 is 0 Å². The Labute approximate surface area is 116 Å². The fraction of sp³-hybridized carbons (Fsp3) is 0.267. The molecule has 1 N–H and O–H groups in total. The van der Waals surface area contributed by atoms with E-state index in [0.717, 1.165) is 5.56 Å². The quantitative estimate of drug-likeness (QED) is 0.852. The normalized spacial score (nSPS) is 10.2. The molecule has 0 unspecified atom stereocenters. The summed E-state index contributed by atoms with van der Waals surface area (Å²) in [6.45, 7) is 0.322. The van der Waals surface area contributed by atoms with E-state index in [4.69, 9.17) is 5.11 Å². The lowest BCUT2D eigenvalue weighted by Gasteiger charge is -2.03. The number of hydrogen-bond acceptors (Lipinski definition) is 2. The lowest BCUT2D eigenvalue weighted by Crippen LogP contribution is -2.22. The van der Waals surface area contributed by atoms with Gasteiger partial charge in [-0.25, -0.2) is 9.18 Å². The lowest BCUT2D eigenvalue weighted by atomic mass is 10.1. The van der Waals surface area contributed by atoms with Gasteiger partial charge in [0.1, 0.15) is 5.82 Å². The number of aliphatic hydroxyl groups excluding tert-OH is 1. The molecular formula is C15H15FN2O2. The fourth-order valence-electron chi connectivity index (χ4n) is 1.81. The van der Waals surface area contributed by atoms with Gasteiger partial charge in [-0.15, -0.1) is 0 Å². The van der Waals surface area contributed by atoms with Crippen molar-refractivity contribution < 1.29 is 9.50 Å². The molecule has 0 fully saturated rings. The van der Waals surface area contributed by atoms with Crippen LogP contribution in [0.2, 0.25) is 0 Å². The van der Waals surface area contributed by atoms with Crippen LogP contribution < -0.4 is 5.69 Å². The predicted octanol–water partition coefficient (Wildman–Crippen LogP) is 1.11. The van der Waals surface area contributed by atoms with Gasteiger partial charge in [0.25, 0.3) is 0 Å². The van der Waals surface area contributed by atoms with Gasteiger partial charge in [0.2, 0.25) is 0 Å². The Balaban J connectivity index is 2.26. The smallest absolute Gasteiger partial charge is 0.328 e. The first-order chi connectivity index (χ1) is 9.61. The van der Waals surface area contributed by atoms with Crippen LogP contribution in [0.15, 0.2) is 35.4 Å². The molecule has 20 heavy (non-hydrogen) atoms. The largest absolute Gasteiger partial charge is 0.395 e. The SMILES string of the molecule is Cn1ccn(Cc2ccc(F)c(C#CCCO)c2)c1=O. The van der Waals surface area contributed by atoms with Crippen molar-refractivity contribution in [1.29, 1.82) is 0 Å². The van der Waals surface area contributed by atoms with Crippen molar-refractivity contribution in [2.24, 2.45) is 7.05 Å². The lowest BCUT2D eigenvalue weighted by molar-refractivity contribution is 0.305. The number of nitrogens with zero attached hydrogens (tertiary/aromatic N) is 2.